The molecular formula is C24H40O. The van der Waals surface area contributed by atoms with Crippen molar-refractivity contribution in [1.29, 1.82) is 0 Å². The first-order valence-electron chi connectivity index (χ1n) is 11.4. The van der Waals surface area contributed by atoms with Crippen LogP contribution in [0.3, 0.4) is 0 Å². The van der Waals surface area contributed by atoms with Gasteiger partial charge in [0.05, 0.1) is 0 Å². The molecule has 0 unspecified atom stereocenters. The third-order valence-corrected chi connectivity index (χ3v) is 9.81. The van der Waals surface area contributed by atoms with Crippen LogP contribution in [-0.2, 0) is 4.79 Å². The summed E-state index contributed by atoms with van der Waals surface area (Å²) in [5.41, 5.74) is 0.906. The average molecular weight is 345 g/mol. The van der Waals surface area contributed by atoms with E-state index in [0.717, 1.165) is 24.2 Å². The van der Waals surface area contributed by atoms with Crippen molar-refractivity contribution in [3.8, 4) is 0 Å². The van der Waals surface area contributed by atoms with Crippen LogP contribution in [0.1, 0.15) is 98.3 Å². The number of Topliss-reactive ketones (excluding diaryl/α,β-unsaturated/α-hetero) is 1. The Bertz CT molecular complexity index is 524. The van der Waals surface area contributed by atoms with E-state index >= 15 is 0 Å². The molecule has 8 atom stereocenters. The highest BCUT2D eigenvalue weighted by atomic mass is 16.1. The van der Waals surface area contributed by atoms with Crippen molar-refractivity contribution in [3.63, 3.8) is 0 Å². The standard InChI is InChI=1S/C24H40O/c1-5-8-16(2)22-21(25)15-20-18-11-10-17-9-6-7-13-23(17,3)19(18)12-14-24(20,22)4/h16-20,22H,5-15H2,1-4H3/t16-,17+,18-,19+,20+,22+,23+,24+/m1/s1. The van der Waals surface area contributed by atoms with Gasteiger partial charge in [-0.05, 0) is 78.9 Å². The number of hydrogen-bond acceptors (Lipinski definition) is 1. The van der Waals surface area contributed by atoms with Crippen molar-refractivity contribution in [3.05, 3.63) is 0 Å². The van der Waals surface area contributed by atoms with E-state index in [4.69, 9.17) is 0 Å². The fraction of sp³-hybridized carbons (Fsp3) is 0.958. The van der Waals surface area contributed by atoms with E-state index in [2.05, 4.69) is 27.7 Å². The van der Waals surface area contributed by atoms with Crippen molar-refractivity contribution in [1.82, 2.24) is 0 Å². The van der Waals surface area contributed by atoms with Gasteiger partial charge in [-0.15, -0.1) is 0 Å². The Kier molecular flexibility index (Phi) is 4.61. The summed E-state index contributed by atoms with van der Waals surface area (Å²) in [5, 5.41) is 0. The van der Waals surface area contributed by atoms with Gasteiger partial charge in [-0.1, -0.05) is 53.4 Å². The first kappa shape index (κ1) is 18.1. The Morgan fingerprint density at radius 1 is 1.00 bits per heavy atom. The van der Waals surface area contributed by atoms with Crippen LogP contribution >= 0.6 is 0 Å². The third-order valence-electron chi connectivity index (χ3n) is 9.81. The highest BCUT2D eigenvalue weighted by Crippen LogP contribution is 2.67. The van der Waals surface area contributed by atoms with Crippen LogP contribution in [0.25, 0.3) is 0 Å². The molecule has 0 aliphatic heterocycles. The van der Waals surface area contributed by atoms with Gasteiger partial charge in [0.2, 0.25) is 0 Å². The molecule has 0 radical (unpaired) electrons. The van der Waals surface area contributed by atoms with Gasteiger partial charge in [-0.3, -0.25) is 4.79 Å². The van der Waals surface area contributed by atoms with Crippen molar-refractivity contribution < 1.29 is 4.79 Å². The molecule has 4 fully saturated rings. The molecule has 1 nitrogen and oxygen atoms in total. The fourth-order valence-corrected chi connectivity index (χ4v) is 8.71. The topological polar surface area (TPSA) is 17.1 Å². The van der Waals surface area contributed by atoms with Crippen LogP contribution < -0.4 is 0 Å². The Morgan fingerprint density at radius 3 is 2.56 bits per heavy atom. The molecule has 25 heavy (non-hydrogen) atoms. The maximum Gasteiger partial charge on any atom is 0.137 e. The highest BCUT2D eigenvalue weighted by molar-refractivity contribution is 5.85. The third kappa shape index (κ3) is 2.58. The number of carbonyl (C=O) groups excluding carboxylic acids is 1. The van der Waals surface area contributed by atoms with Gasteiger partial charge >= 0.3 is 0 Å². The molecule has 0 aromatic carbocycles. The molecule has 0 saturated heterocycles. The second-order valence-corrected chi connectivity index (χ2v) is 10.9. The summed E-state index contributed by atoms with van der Waals surface area (Å²) in [7, 11) is 0. The molecule has 0 aromatic rings. The lowest BCUT2D eigenvalue weighted by Gasteiger charge is -2.60. The first-order chi connectivity index (χ1) is 11.9. The molecule has 0 bridgehead atoms. The zero-order chi connectivity index (χ0) is 17.8. The number of rotatable bonds is 3. The molecule has 142 valence electrons. The van der Waals surface area contributed by atoms with Crippen molar-refractivity contribution >= 4 is 5.78 Å². The Labute approximate surface area is 155 Å². The van der Waals surface area contributed by atoms with E-state index in [0.29, 0.717) is 34.4 Å². The van der Waals surface area contributed by atoms with Crippen LogP contribution in [0.5, 0.6) is 0 Å². The van der Waals surface area contributed by atoms with Crippen LogP contribution in [0.15, 0.2) is 0 Å². The van der Waals surface area contributed by atoms with E-state index in [9.17, 15) is 4.79 Å². The minimum absolute atomic E-state index is 0.310. The lowest BCUT2D eigenvalue weighted by Crippen LogP contribution is -2.53. The zero-order valence-corrected chi connectivity index (χ0v) is 17.2. The van der Waals surface area contributed by atoms with Crippen LogP contribution in [0, 0.1) is 46.3 Å². The molecule has 4 saturated carbocycles. The van der Waals surface area contributed by atoms with Gasteiger partial charge in [0, 0.05) is 12.3 Å². The monoisotopic (exact) mass is 344 g/mol. The molecular weight excluding hydrogens is 304 g/mol. The number of fused-ring (bicyclic) bond motifs is 5. The van der Waals surface area contributed by atoms with E-state index in [1.165, 1.54) is 64.2 Å². The van der Waals surface area contributed by atoms with Crippen LogP contribution in [0.4, 0.5) is 0 Å². The molecule has 4 rings (SSSR count). The van der Waals surface area contributed by atoms with Crippen molar-refractivity contribution in [2.45, 2.75) is 98.3 Å². The lowest BCUT2D eigenvalue weighted by molar-refractivity contribution is -0.126. The number of ketones is 1. The first-order valence-corrected chi connectivity index (χ1v) is 11.4. The summed E-state index contributed by atoms with van der Waals surface area (Å²) < 4.78 is 0. The quantitative estimate of drug-likeness (QED) is 0.560. The normalized spacial score (nSPS) is 50.7. The number of hydrogen-bond donors (Lipinski definition) is 0. The van der Waals surface area contributed by atoms with Crippen molar-refractivity contribution in [2.75, 3.05) is 0 Å². The predicted octanol–water partition coefficient (Wildman–Crippen LogP) is 6.65. The molecule has 0 spiro atoms. The summed E-state index contributed by atoms with van der Waals surface area (Å²) in [4.78, 5) is 13.1. The second-order valence-electron chi connectivity index (χ2n) is 10.9. The largest absolute Gasteiger partial charge is 0.299 e. The van der Waals surface area contributed by atoms with Crippen molar-refractivity contribution in [2.24, 2.45) is 46.3 Å². The van der Waals surface area contributed by atoms with Crippen LogP contribution in [0.2, 0.25) is 0 Å². The van der Waals surface area contributed by atoms with Gasteiger partial charge in [0.15, 0.2) is 0 Å². The molecule has 0 heterocycles. The van der Waals surface area contributed by atoms with E-state index in [1.807, 2.05) is 0 Å². The van der Waals surface area contributed by atoms with Crippen LogP contribution in [-0.4, -0.2) is 5.78 Å². The number of carbonyl (C=O) groups is 1. The predicted molar refractivity (Wildman–Crippen MR) is 104 cm³/mol. The fourth-order valence-electron chi connectivity index (χ4n) is 8.71. The summed E-state index contributed by atoms with van der Waals surface area (Å²) in [5.74, 6) is 5.02. The van der Waals surface area contributed by atoms with E-state index in [-0.39, 0.29) is 0 Å². The SMILES string of the molecule is CCC[C@@H](C)[C@H]1C(=O)C[C@H]2[C@@H]3CC[C@@H]4CCCC[C@]4(C)[C@H]3CC[C@]12C. The summed E-state index contributed by atoms with van der Waals surface area (Å²) in [6, 6.07) is 0. The Morgan fingerprint density at radius 2 is 1.80 bits per heavy atom. The summed E-state index contributed by atoms with van der Waals surface area (Å²) in [6.45, 7) is 9.80. The molecule has 4 aliphatic rings. The summed E-state index contributed by atoms with van der Waals surface area (Å²) in [6.07, 6.45) is 14.8. The lowest BCUT2D eigenvalue weighted by atomic mass is 9.44. The minimum Gasteiger partial charge on any atom is -0.299 e. The summed E-state index contributed by atoms with van der Waals surface area (Å²) >= 11 is 0. The molecule has 4 aliphatic carbocycles. The molecule has 0 aromatic heterocycles. The smallest absolute Gasteiger partial charge is 0.137 e. The Hall–Kier alpha value is -0.330. The zero-order valence-electron chi connectivity index (χ0n) is 17.2. The van der Waals surface area contributed by atoms with E-state index in [1.54, 1.807) is 0 Å². The minimum atomic E-state index is 0.310. The van der Waals surface area contributed by atoms with E-state index < -0.39 is 0 Å². The average Bonchev–Trinajstić information content (AvgIpc) is 2.84. The maximum absolute atomic E-state index is 13.1. The molecule has 0 N–H and O–H groups in total. The highest BCUT2D eigenvalue weighted by Gasteiger charge is 2.62. The Balaban J connectivity index is 1.62. The maximum atomic E-state index is 13.1. The molecule has 0 amide bonds. The second kappa shape index (κ2) is 6.38. The van der Waals surface area contributed by atoms with Gasteiger partial charge in [0.25, 0.3) is 0 Å². The van der Waals surface area contributed by atoms with Gasteiger partial charge in [0.1, 0.15) is 5.78 Å². The van der Waals surface area contributed by atoms with Gasteiger partial charge in [-0.25, -0.2) is 0 Å². The van der Waals surface area contributed by atoms with Gasteiger partial charge in [-0.2, -0.15) is 0 Å². The van der Waals surface area contributed by atoms with Gasteiger partial charge < -0.3 is 0 Å². The molecule has 1 heteroatoms.